The van der Waals surface area contributed by atoms with E-state index in [1.54, 1.807) is 6.08 Å². The summed E-state index contributed by atoms with van der Waals surface area (Å²) in [6, 6.07) is 0. The zero-order valence-corrected chi connectivity index (χ0v) is 20.9. The summed E-state index contributed by atoms with van der Waals surface area (Å²) in [5, 5.41) is 22.2. The van der Waals surface area contributed by atoms with Gasteiger partial charge in [0.25, 0.3) is 0 Å². The van der Waals surface area contributed by atoms with Gasteiger partial charge >= 0.3 is 5.97 Å². The van der Waals surface area contributed by atoms with Gasteiger partial charge in [0.05, 0.1) is 18.8 Å². The average molecular weight is 447 g/mol. The van der Waals surface area contributed by atoms with E-state index in [1.165, 1.54) is 25.7 Å². The number of carbonyl (C=O) groups excluding carboxylic acids is 1. The minimum absolute atomic E-state index is 0.192. The topological polar surface area (TPSA) is 66.8 Å². The SMILES string of the molecule is CCOC(=O)/C=C/[C@@H](C)[C@H]1CCC2C3C(CC[C@@]21C)[C@@]1(C)CC[C@@H](O)CC1[C@@H](CC)[C@H]3O. The van der Waals surface area contributed by atoms with Crippen LogP contribution in [-0.4, -0.2) is 35.0 Å². The minimum atomic E-state index is -0.248. The number of esters is 1. The second kappa shape index (κ2) is 9.06. The first-order valence-corrected chi connectivity index (χ1v) is 13.4. The first-order chi connectivity index (χ1) is 15.2. The van der Waals surface area contributed by atoms with E-state index >= 15 is 0 Å². The molecule has 0 aromatic heterocycles. The van der Waals surface area contributed by atoms with Crippen molar-refractivity contribution in [2.24, 2.45) is 52.3 Å². The summed E-state index contributed by atoms with van der Waals surface area (Å²) in [6.45, 7) is 11.7. The van der Waals surface area contributed by atoms with Crippen molar-refractivity contribution < 1.29 is 19.7 Å². The molecule has 182 valence electrons. The Hall–Kier alpha value is -0.870. The summed E-state index contributed by atoms with van der Waals surface area (Å²) >= 11 is 0. The molecular weight excluding hydrogens is 400 g/mol. The fourth-order valence-electron chi connectivity index (χ4n) is 9.42. The quantitative estimate of drug-likeness (QED) is 0.440. The molecule has 0 radical (unpaired) electrons. The minimum Gasteiger partial charge on any atom is -0.463 e. The van der Waals surface area contributed by atoms with Crippen LogP contribution in [0.3, 0.4) is 0 Å². The number of rotatable bonds is 5. The van der Waals surface area contributed by atoms with Crippen LogP contribution in [-0.2, 0) is 9.53 Å². The Morgan fingerprint density at radius 3 is 2.41 bits per heavy atom. The van der Waals surface area contributed by atoms with Gasteiger partial charge in [0, 0.05) is 6.08 Å². The third kappa shape index (κ3) is 3.78. The van der Waals surface area contributed by atoms with Gasteiger partial charge in [0.1, 0.15) is 0 Å². The van der Waals surface area contributed by atoms with Gasteiger partial charge in [-0.2, -0.15) is 0 Å². The third-order valence-electron chi connectivity index (χ3n) is 10.9. The molecule has 11 atom stereocenters. The third-order valence-corrected chi connectivity index (χ3v) is 10.9. The van der Waals surface area contributed by atoms with E-state index in [-0.39, 0.29) is 29.0 Å². The summed E-state index contributed by atoms with van der Waals surface area (Å²) in [5.41, 5.74) is 0.467. The molecule has 0 aliphatic heterocycles. The van der Waals surface area contributed by atoms with Crippen LogP contribution < -0.4 is 0 Å². The molecule has 4 rings (SSSR count). The molecule has 0 aromatic carbocycles. The Kier molecular flexibility index (Phi) is 6.87. The monoisotopic (exact) mass is 446 g/mol. The number of fused-ring (bicyclic) bond motifs is 5. The van der Waals surface area contributed by atoms with Gasteiger partial charge in [-0.25, -0.2) is 4.79 Å². The lowest BCUT2D eigenvalue weighted by Crippen LogP contribution is -2.62. The Morgan fingerprint density at radius 2 is 1.72 bits per heavy atom. The van der Waals surface area contributed by atoms with E-state index in [1.807, 2.05) is 6.92 Å². The number of hydrogen-bond acceptors (Lipinski definition) is 4. The van der Waals surface area contributed by atoms with Crippen LogP contribution in [0.5, 0.6) is 0 Å². The van der Waals surface area contributed by atoms with E-state index in [0.717, 1.165) is 25.7 Å². The molecule has 0 aromatic rings. The first-order valence-electron chi connectivity index (χ1n) is 13.4. The molecule has 4 nitrogen and oxygen atoms in total. The lowest BCUT2D eigenvalue weighted by molar-refractivity contribution is -0.202. The molecule has 4 fully saturated rings. The van der Waals surface area contributed by atoms with Crippen molar-refractivity contribution in [3.63, 3.8) is 0 Å². The highest BCUT2D eigenvalue weighted by Gasteiger charge is 2.64. The maximum absolute atomic E-state index is 11.9. The normalized spacial score (nSPS) is 49.2. The van der Waals surface area contributed by atoms with Crippen LogP contribution in [0, 0.1) is 52.3 Å². The number of carbonyl (C=O) groups is 1. The molecule has 2 N–H and O–H groups in total. The highest BCUT2D eigenvalue weighted by atomic mass is 16.5. The number of aliphatic hydroxyl groups excluding tert-OH is 2. The fourth-order valence-corrected chi connectivity index (χ4v) is 9.42. The van der Waals surface area contributed by atoms with Crippen LogP contribution >= 0.6 is 0 Å². The molecule has 32 heavy (non-hydrogen) atoms. The van der Waals surface area contributed by atoms with Crippen molar-refractivity contribution in [1.82, 2.24) is 0 Å². The van der Waals surface area contributed by atoms with Crippen molar-refractivity contribution in [1.29, 1.82) is 0 Å². The van der Waals surface area contributed by atoms with Gasteiger partial charge in [-0.3, -0.25) is 0 Å². The second-order valence-electron chi connectivity index (χ2n) is 12.1. The van der Waals surface area contributed by atoms with Crippen LogP contribution in [0.1, 0.15) is 86.0 Å². The highest BCUT2D eigenvalue weighted by Crippen LogP contribution is 2.69. The molecule has 4 aliphatic rings. The molecular formula is C28H46O4. The molecule has 4 aliphatic carbocycles. The standard InChI is InChI=1S/C28H46O4/c1-6-19-23-16-18(29)12-14-28(23,5)22-13-15-27(4)20(9-10-21(27)25(22)26(19)31)17(3)8-11-24(30)32-7-2/h8,11,17-23,25-26,29,31H,6-7,9-10,12-16H2,1-5H3/b11-8+/t17-,18-,19-,20-,21?,22?,23?,25?,26-,27-,28-/m1/s1. The molecule has 0 bridgehead atoms. The lowest BCUT2D eigenvalue weighted by atomic mass is 9.41. The molecule has 4 unspecified atom stereocenters. The maximum Gasteiger partial charge on any atom is 0.330 e. The van der Waals surface area contributed by atoms with Crippen LogP contribution in [0.2, 0.25) is 0 Å². The summed E-state index contributed by atoms with van der Waals surface area (Å²) in [7, 11) is 0. The van der Waals surface area contributed by atoms with Gasteiger partial charge < -0.3 is 14.9 Å². The lowest BCUT2D eigenvalue weighted by Gasteiger charge is -2.64. The van der Waals surface area contributed by atoms with Crippen LogP contribution in [0.4, 0.5) is 0 Å². The van der Waals surface area contributed by atoms with E-state index < -0.39 is 0 Å². The predicted molar refractivity (Wildman–Crippen MR) is 127 cm³/mol. The molecule has 4 saturated carbocycles. The molecule has 0 heterocycles. The number of ether oxygens (including phenoxy) is 1. The second-order valence-corrected chi connectivity index (χ2v) is 12.1. The smallest absolute Gasteiger partial charge is 0.330 e. The molecule has 4 heteroatoms. The number of hydrogen-bond donors (Lipinski definition) is 2. The zero-order valence-electron chi connectivity index (χ0n) is 20.9. The van der Waals surface area contributed by atoms with Crippen LogP contribution in [0.15, 0.2) is 12.2 Å². The Morgan fingerprint density at radius 1 is 1.03 bits per heavy atom. The largest absolute Gasteiger partial charge is 0.463 e. The molecule has 0 amide bonds. The van der Waals surface area contributed by atoms with E-state index in [9.17, 15) is 15.0 Å². The van der Waals surface area contributed by atoms with Crippen molar-refractivity contribution in [3.8, 4) is 0 Å². The Bertz CT molecular complexity index is 718. The van der Waals surface area contributed by atoms with Crippen molar-refractivity contribution in [3.05, 3.63) is 12.2 Å². The average Bonchev–Trinajstić information content (AvgIpc) is 3.11. The predicted octanol–water partition coefficient (Wildman–Crippen LogP) is 5.37. The van der Waals surface area contributed by atoms with Gasteiger partial charge in [-0.1, -0.05) is 40.2 Å². The van der Waals surface area contributed by atoms with Crippen molar-refractivity contribution >= 4 is 5.97 Å². The molecule has 0 spiro atoms. The van der Waals surface area contributed by atoms with E-state index in [2.05, 4.69) is 33.8 Å². The fraction of sp³-hybridized carbons (Fsp3) is 0.893. The zero-order chi connectivity index (χ0) is 23.3. The van der Waals surface area contributed by atoms with E-state index in [0.29, 0.717) is 48.0 Å². The van der Waals surface area contributed by atoms with Gasteiger partial charge in [-0.05, 0) is 104 Å². The first kappa shape index (κ1) is 24.3. The summed E-state index contributed by atoms with van der Waals surface area (Å²) in [6.07, 6.45) is 11.9. The summed E-state index contributed by atoms with van der Waals surface area (Å²) in [5.74, 6) is 2.89. The summed E-state index contributed by atoms with van der Waals surface area (Å²) < 4.78 is 5.09. The van der Waals surface area contributed by atoms with Crippen molar-refractivity contribution in [2.45, 2.75) is 98.2 Å². The van der Waals surface area contributed by atoms with Gasteiger partial charge in [-0.15, -0.1) is 0 Å². The Balaban J connectivity index is 1.59. The van der Waals surface area contributed by atoms with Gasteiger partial charge in [0.15, 0.2) is 0 Å². The molecule has 0 saturated heterocycles. The number of aliphatic hydroxyl groups is 2. The number of allylic oxidation sites excluding steroid dienone is 1. The summed E-state index contributed by atoms with van der Waals surface area (Å²) in [4.78, 5) is 11.9. The van der Waals surface area contributed by atoms with Crippen molar-refractivity contribution in [2.75, 3.05) is 6.61 Å². The highest BCUT2D eigenvalue weighted by molar-refractivity contribution is 5.81. The van der Waals surface area contributed by atoms with Crippen LogP contribution in [0.25, 0.3) is 0 Å². The van der Waals surface area contributed by atoms with E-state index in [4.69, 9.17) is 4.74 Å². The maximum atomic E-state index is 11.9. The van der Waals surface area contributed by atoms with Gasteiger partial charge in [0.2, 0.25) is 0 Å². The Labute approximate surface area is 195 Å².